The molecule has 1 saturated carbocycles. The molecule has 1 rings (SSSR count). The molecule has 3 unspecified atom stereocenters. The van der Waals surface area contributed by atoms with Gasteiger partial charge in [-0.3, -0.25) is 0 Å². The molecule has 0 aromatic carbocycles. The number of aliphatic hydroxyl groups is 1. The molecule has 0 aromatic heterocycles. The maximum Gasteiger partial charge on any atom is 0.0555 e. The Labute approximate surface area is 101 Å². The summed E-state index contributed by atoms with van der Waals surface area (Å²) in [7, 11) is 2.22. The third-order valence-electron chi connectivity index (χ3n) is 3.74. The highest BCUT2D eigenvalue weighted by Gasteiger charge is 2.32. The zero-order valence-corrected chi connectivity index (χ0v) is 11.7. The Morgan fingerprint density at radius 1 is 1.25 bits per heavy atom. The van der Waals surface area contributed by atoms with Gasteiger partial charge in [0.05, 0.1) is 6.10 Å². The fourth-order valence-corrected chi connectivity index (χ4v) is 3.07. The van der Waals surface area contributed by atoms with E-state index in [4.69, 9.17) is 0 Å². The second-order valence-corrected chi connectivity index (χ2v) is 6.68. The van der Waals surface area contributed by atoms with E-state index in [2.05, 4.69) is 39.6 Å². The Bertz CT molecular complexity index is 209. The summed E-state index contributed by atoms with van der Waals surface area (Å²) in [5.74, 6) is 0.774. The van der Waals surface area contributed by atoms with E-state index in [1.165, 1.54) is 12.8 Å². The topological polar surface area (TPSA) is 23.5 Å². The van der Waals surface area contributed by atoms with Gasteiger partial charge < -0.3 is 10.0 Å². The molecule has 0 heterocycles. The number of nitrogens with zero attached hydrogens (tertiary/aromatic N) is 1. The summed E-state index contributed by atoms with van der Waals surface area (Å²) in [5, 5.41) is 9.81. The van der Waals surface area contributed by atoms with Gasteiger partial charge in [0.2, 0.25) is 0 Å². The fraction of sp³-hybridized carbons (Fsp3) is 1.00. The third-order valence-corrected chi connectivity index (χ3v) is 3.74. The summed E-state index contributed by atoms with van der Waals surface area (Å²) >= 11 is 0. The van der Waals surface area contributed by atoms with Gasteiger partial charge in [-0.2, -0.15) is 0 Å². The van der Waals surface area contributed by atoms with Crippen LogP contribution < -0.4 is 0 Å². The normalized spacial score (nSPS) is 32.1. The van der Waals surface area contributed by atoms with Crippen LogP contribution in [-0.4, -0.2) is 35.7 Å². The van der Waals surface area contributed by atoms with Crippen molar-refractivity contribution in [1.82, 2.24) is 4.90 Å². The summed E-state index contributed by atoms with van der Waals surface area (Å²) < 4.78 is 0. The molecule has 0 saturated heterocycles. The van der Waals surface area contributed by atoms with Crippen molar-refractivity contribution >= 4 is 0 Å². The van der Waals surface area contributed by atoms with Gasteiger partial charge in [-0.15, -0.1) is 0 Å². The summed E-state index contributed by atoms with van der Waals surface area (Å²) in [6.07, 6.45) is 4.32. The number of aliphatic hydroxyl groups excluding tert-OH is 1. The molecule has 0 aliphatic heterocycles. The molecular weight excluding hydrogens is 198 g/mol. The highest BCUT2D eigenvalue weighted by molar-refractivity contribution is 4.86. The van der Waals surface area contributed by atoms with E-state index >= 15 is 0 Å². The first-order chi connectivity index (χ1) is 7.33. The van der Waals surface area contributed by atoms with Gasteiger partial charge in [-0.1, -0.05) is 34.1 Å². The lowest BCUT2D eigenvalue weighted by molar-refractivity contribution is 0.0246. The Morgan fingerprint density at radius 2 is 1.88 bits per heavy atom. The van der Waals surface area contributed by atoms with Crippen molar-refractivity contribution in [3.05, 3.63) is 0 Å². The van der Waals surface area contributed by atoms with E-state index in [0.29, 0.717) is 11.5 Å². The Kier molecular flexibility index (Phi) is 4.81. The van der Waals surface area contributed by atoms with Crippen molar-refractivity contribution in [3.63, 3.8) is 0 Å². The van der Waals surface area contributed by atoms with Gasteiger partial charge in [-0.05, 0) is 37.6 Å². The monoisotopic (exact) mass is 227 g/mol. The molecule has 0 spiro atoms. The second kappa shape index (κ2) is 5.50. The number of rotatable bonds is 3. The summed E-state index contributed by atoms with van der Waals surface area (Å²) in [6, 6.07) is 0.577. The maximum absolute atomic E-state index is 9.81. The Hall–Kier alpha value is -0.0800. The minimum atomic E-state index is -0.0739. The molecular formula is C14H29NO. The molecule has 1 aliphatic rings. The predicted octanol–water partition coefficient (Wildman–Crippen LogP) is 2.90. The SMILES string of the molecule is CCC1CCC(O)CC1N(C)CC(C)(C)C. The van der Waals surface area contributed by atoms with E-state index in [1.807, 2.05) is 0 Å². The van der Waals surface area contributed by atoms with Crippen molar-refractivity contribution in [3.8, 4) is 0 Å². The first kappa shape index (κ1) is 14.0. The van der Waals surface area contributed by atoms with E-state index in [-0.39, 0.29) is 6.10 Å². The fourth-order valence-electron chi connectivity index (χ4n) is 3.07. The predicted molar refractivity (Wildman–Crippen MR) is 69.5 cm³/mol. The van der Waals surface area contributed by atoms with E-state index < -0.39 is 0 Å². The molecule has 3 atom stereocenters. The molecule has 0 aromatic rings. The molecule has 0 bridgehead atoms. The second-order valence-electron chi connectivity index (χ2n) is 6.68. The molecule has 2 nitrogen and oxygen atoms in total. The number of hydrogen-bond acceptors (Lipinski definition) is 2. The van der Waals surface area contributed by atoms with E-state index in [9.17, 15) is 5.11 Å². The van der Waals surface area contributed by atoms with E-state index in [1.54, 1.807) is 0 Å². The van der Waals surface area contributed by atoms with Gasteiger partial charge in [0.15, 0.2) is 0 Å². The first-order valence-corrected chi connectivity index (χ1v) is 6.72. The first-order valence-electron chi connectivity index (χ1n) is 6.72. The van der Waals surface area contributed by atoms with Crippen LogP contribution in [0.1, 0.15) is 53.4 Å². The average Bonchev–Trinajstić information content (AvgIpc) is 2.15. The van der Waals surface area contributed by atoms with Crippen molar-refractivity contribution in [2.24, 2.45) is 11.3 Å². The molecule has 1 N–H and O–H groups in total. The summed E-state index contributed by atoms with van der Waals surface area (Å²) in [5.41, 5.74) is 0.343. The van der Waals surface area contributed by atoms with Crippen LogP contribution in [0.15, 0.2) is 0 Å². The molecule has 0 amide bonds. The van der Waals surface area contributed by atoms with E-state index in [0.717, 1.165) is 25.3 Å². The average molecular weight is 227 g/mol. The molecule has 2 heteroatoms. The van der Waals surface area contributed by atoms with Gasteiger partial charge in [0, 0.05) is 12.6 Å². The van der Waals surface area contributed by atoms with Crippen molar-refractivity contribution in [1.29, 1.82) is 0 Å². The van der Waals surface area contributed by atoms with Crippen molar-refractivity contribution < 1.29 is 5.11 Å². The minimum Gasteiger partial charge on any atom is -0.393 e. The minimum absolute atomic E-state index is 0.0739. The van der Waals surface area contributed by atoms with Gasteiger partial charge >= 0.3 is 0 Å². The summed E-state index contributed by atoms with van der Waals surface area (Å²) in [6.45, 7) is 10.2. The largest absolute Gasteiger partial charge is 0.393 e. The molecule has 16 heavy (non-hydrogen) atoms. The third kappa shape index (κ3) is 4.06. The van der Waals surface area contributed by atoms with Crippen LogP contribution >= 0.6 is 0 Å². The molecule has 96 valence electrons. The van der Waals surface area contributed by atoms with Gasteiger partial charge in [-0.25, -0.2) is 0 Å². The standard InChI is InChI=1S/C14H29NO/c1-6-11-7-8-12(16)9-13(11)15(5)10-14(2,3)4/h11-13,16H,6-10H2,1-5H3. The van der Waals surface area contributed by atoms with Crippen molar-refractivity contribution in [2.75, 3.05) is 13.6 Å². The highest BCUT2D eigenvalue weighted by Crippen LogP contribution is 2.31. The van der Waals surface area contributed by atoms with Crippen LogP contribution in [0.4, 0.5) is 0 Å². The lowest BCUT2D eigenvalue weighted by Gasteiger charge is -2.42. The van der Waals surface area contributed by atoms with Gasteiger partial charge in [0.25, 0.3) is 0 Å². The van der Waals surface area contributed by atoms with Crippen LogP contribution in [0, 0.1) is 11.3 Å². The van der Waals surface area contributed by atoms with Crippen LogP contribution in [0.2, 0.25) is 0 Å². The van der Waals surface area contributed by atoms with Crippen LogP contribution in [-0.2, 0) is 0 Å². The lowest BCUT2D eigenvalue weighted by atomic mass is 9.80. The van der Waals surface area contributed by atoms with Crippen LogP contribution in [0.3, 0.4) is 0 Å². The van der Waals surface area contributed by atoms with Crippen LogP contribution in [0.5, 0.6) is 0 Å². The Morgan fingerprint density at radius 3 is 2.38 bits per heavy atom. The molecule has 0 radical (unpaired) electrons. The zero-order valence-electron chi connectivity index (χ0n) is 11.7. The lowest BCUT2D eigenvalue weighted by Crippen LogP contribution is -2.46. The number of hydrogen-bond donors (Lipinski definition) is 1. The zero-order chi connectivity index (χ0) is 12.3. The maximum atomic E-state index is 9.81. The van der Waals surface area contributed by atoms with Gasteiger partial charge in [0.1, 0.15) is 0 Å². The summed E-state index contributed by atoms with van der Waals surface area (Å²) in [4.78, 5) is 2.47. The smallest absolute Gasteiger partial charge is 0.0555 e. The Balaban J connectivity index is 2.59. The highest BCUT2D eigenvalue weighted by atomic mass is 16.3. The molecule has 1 aliphatic carbocycles. The quantitative estimate of drug-likeness (QED) is 0.801. The van der Waals surface area contributed by atoms with Crippen molar-refractivity contribution in [2.45, 2.75) is 65.5 Å². The molecule has 1 fully saturated rings. The van der Waals surface area contributed by atoms with Crippen LogP contribution in [0.25, 0.3) is 0 Å².